The minimum atomic E-state index is 0. The molecule has 3 nitrogen and oxygen atoms in total. The fourth-order valence-electron chi connectivity index (χ4n) is 2.02. The van der Waals surface area contributed by atoms with Gasteiger partial charge in [-0.2, -0.15) is 0 Å². The Morgan fingerprint density at radius 3 is 2.80 bits per heavy atom. The van der Waals surface area contributed by atoms with Crippen molar-refractivity contribution in [1.82, 2.24) is 10.3 Å². The topological polar surface area (TPSA) is 50.9 Å². The molecule has 2 rings (SSSR count). The molecule has 0 aliphatic carbocycles. The highest BCUT2D eigenvalue weighted by molar-refractivity contribution is 5.85. The van der Waals surface area contributed by atoms with Gasteiger partial charge in [-0.15, -0.1) is 12.4 Å². The maximum Gasteiger partial charge on any atom is 0.126 e. The van der Waals surface area contributed by atoms with Crippen LogP contribution >= 0.6 is 12.4 Å². The van der Waals surface area contributed by atoms with Crippen molar-refractivity contribution in [2.24, 2.45) is 5.92 Å². The average Bonchev–Trinajstić information content (AvgIpc) is 2.23. The molecule has 1 aromatic heterocycles. The van der Waals surface area contributed by atoms with Crippen molar-refractivity contribution in [3.8, 4) is 0 Å². The van der Waals surface area contributed by atoms with Gasteiger partial charge in [0.15, 0.2) is 0 Å². The average molecular weight is 228 g/mol. The zero-order valence-corrected chi connectivity index (χ0v) is 9.59. The van der Waals surface area contributed by atoms with Crippen LogP contribution in [0.15, 0.2) is 18.3 Å². The minimum absolute atomic E-state index is 0. The summed E-state index contributed by atoms with van der Waals surface area (Å²) in [6.45, 7) is 2.29. The zero-order valence-electron chi connectivity index (χ0n) is 8.78. The first-order valence-corrected chi connectivity index (χ1v) is 5.26. The third kappa shape index (κ3) is 3.36. The highest BCUT2D eigenvalue weighted by Crippen LogP contribution is 2.20. The van der Waals surface area contributed by atoms with Crippen LogP contribution in [0.4, 0.5) is 5.82 Å². The van der Waals surface area contributed by atoms with E-state index in [1.807, 2.05) is 6.07 Å². The van der Waals surface area contributed by atoms with Crippen molar-refractivity contribution in [3.63, 3.8) is 0 Å². The van der Waals surface area contributed by atoms with E-state index in [0.29, 0.717) is 5.82 Å². The van der Waals surface area contributed by atoms with Crippen LogP contribution in [0, 0.1) is 5.92 Å². The van der Waals surface area contributed by atoms with Crippen LogP contribution in [0.3, 0.4) is 0 Å². The molecule has 0 unspecified atom stereocenters. The second kappa shape index (κ2) is 5.93. The van der Waals surface area contributed by atoms with Gasteiger partial charge in [-0.1, -0.05) is 6.07 Å². The van der Waals surface area contributed by atoms with E-state index in [4.69, 9.17) is 5.73 Å². The van der Waals surface area contributed by atoms with E-state index in [1.165, 1.54) is 18.4 Å². The molecule has 2 heterocycles. The van der Waals surface area contributed by atoms with Gasteiger partial charge in [0.2, 0.25) is 0 Å². The molecule has 0 radical (unpaired) electrons. The summed E-state index contributed by atoms with van der Waals surface area (Å²) < 4.78 is 0. The van der Waals surface area contributed by atoms with Gasteiger partial charge in [0.25, 0.3) is 0 Å². The van der Waals surface area contributed by atoms with E-state index >= 15 is 0 Å². The van der Waals surface area contributed by atoms with Crippen LogP contribution in [-0.4, -0.2) is 18.1 Å². The third-order valence-corrected chi connectivity index (χ3v) is 2.89. The first-order chi connectivity index (χ1) is 6.86. The lowest BCUT2D eigenvalue weighted by Crippen LogP contribution is -2.28. The van der Waals surface area contributed by atoms with E-state index in [2.05, 4.69) is 16.4 Å². The number of hydrogen-bond donors (Lipinski definition) is 2. The minimum Gasteiger partial charge on any atom is -0.383 e. The second-order valence-electron chi connectivity index (χ2n) is 3.95. The summed E-state index contributed by atoms with van der Waals surface area (Å²) in [7, 11) is 0. The Balaban J connectivity index is 0.00000112. The molecule has 3 N–H and O–H groups in total. The molecule has 0 amide bonds. The smallest absolute Gasteiger partial charge is 0.126 e. The SMILES string of the molecule is Cl.Nc1ncccc1CC1CCNCC1. The van der Waals surface area contributed by atoms with Crippen LogP contribution < -0.4 is 11.1 Å². The van der Waals surface area contributed by atoms with E-state index < -0.39 is 0 Å². The molecule has 0 aromatic carbocycles. The molecule has 0 saturated carbocycles. The predicted molar refractivity (Wildman–Crippen MR) is 65.2 cm³/mol. The first kappa shape index (κ1) is 12.3. The number of nitrogens with two attached hydrogens (primary N) is 1. The summed E-state index contributed by atoms with van der Waals surface area (Å²) in [6.07, 6.45) is 5.35. The Morgan fingerprint density at radius 1 is 1.40 bits per heavy atom. The molecule has 1 saturated heterocycles. The molecular formula is C11H18ClN3. The Labute approximate surface area is 96.9 Å². The highest BCUT2D eigenvalue weighted by atomic mass is 35.5. The van der Waals surface area contributed by atoms with Gasteiger partial charge in [-0.05, 0) is 49.9 Å². The van der Waals surface area contributed by atoms with Crippen LogP contribution in [0.2, 0.25) is 0 Å². The Morgan fingerprint density at radius 2 is 2.13 bits per heavy atom. The normalized spacial score (nSPS) is 17.1. The highest BCUT2D eigenvalue weighted by Gasteiger charge is 2.14. The number of aromatic nitrogens is 1. The summed E-state index contributed by atoms with van der Waals surface area (Å²) in [4.78, 5) is 4.11. The molecule has 1 aromatic rings. The summed E-state index contributed by atoms with van der Waals surface area (Å²) in [5.41, 5.74) is 7.02. The number of nitrogens with one attached hydrogen (secondary N) is 1. The predicted octanol–water partition coefficient (Wildman–Crippen LogP) is 1.63. The number of rotatable bonds is 2. The fourth-order valence-corrected chi connectivity index (χ4v) is 2.02. The quantitative estimate of drug-likeness (QED) is 0.808. The lowest BCUT2D eigenvalue weighted by atomic mass is 9.91. The van der Waals surface area contributed by atoms with Crippen LogP contribution in [0.25, 0.3) is 0 Å². The summed E-state index contributed by atoms with van der Waals surface area (Å²) in [6, 6.07) is 4.05. The summed E-state index contributed by atoms with van der Waals surface area (Å²) in [5.74, 6) is 1.48. The lowest BCUT2D eigenvalue weighted by molar-refractivity contribution is 0.373. The first-order valence-electron chi connectivity index (χ1n) is 5.26. The monoisotopic (exact) mass is 227 g/mol. The molecule has 0 spiro atoms. The van der Waals surface area contributed by atoms with E-state index in [1.54, 1.807) is 6.20 Å². The molecule has 1 fully saturated rings. The standard InChI is InChI=1S/C11H17N3.ClH/c12-11-10(2-1-5-14-11)8-9-3-6-13-7-4-9;/h1-2,5,9,13H,3-4,6-8H2,(H2,12,14);1H. The number of hydrogen-bond acceptors (Lipinski definition) is 3. The third-order valence-electron chi connectivity index (χ3n) is 2.89. The number of halogens is 1. The van der Waals surface area contributed by atoms with Crippen LogP contribution in [0.5, 0.6) is 0 Å². The molecule has 0 atom stereocenters. The number of anilines is 1. The molecule has 15 heavy (non-hydrogen) atoms. The van der Waals surface area contributed by atoms with Crippen molar-refractivity contribution >= 4 is 18.2 Å². The van der Waals surface area contributed by atoms with Crippen molar-refractivity contribution in [2.75, 3.05) is 18.8 Å². The Hall–Kier alpha value is -0.800. The van der Waals surface area contributed by atoms with Crippen molar-refractivity contribution in [2.45, 2.75) is 19.3 Å². The lowest BCUT2D eigenvalue weighted by Gasteiger charge is -2.22. The number of piperidine rings is 1. The molecule has 84 valence electrons. The molecule has 1 aliphatic heterocycles. The van der Waals surface area contributed by atoms with Gasteiger partial charge >= 0.3 is 0 Å². The largest absolute Gasteiger partial charge is 0.383 e. The van der Waals surface area contributed by atoms with Crippen LogP contribution in [-0.2, 0) is 6.42 Å². The summed E-state index contributed by atoms with van der Waals surface area (Å²) in [5, 5.41) is 3.37. The van der Waals surface area contributed by atoms with E-state index in [9.17, 15) is 0 Å². The second-order valence-corrected chi connectivity index (χ2v) is 3.95. The van der Waals surface area contributed by atoms with Crippen molar-refractivity contribution in [1.29, 1.82) is 0 Å². The van der Waals surface area contributed by atoms with Gasteiger partial charge in [0, 0.05) is 6.20 Å². The number of nitrogen functional groups attached to an aromatic ring is 1. The van der Waals surface area contributed by atoms with Gasteiger partial charge in [0.1, 0.15) is 5.82 Å². The fraction of sp³-hybridized carbons (Fsp3) is 0.545. The molecule has 0 bridgehead atoms. The number of pyridine rings is 1. The maximum atomic E-state index is 5.81. The Bertz CT molecular complexity index is 298. The van der Waals surface area contributed by atoms with E-state index in [0.717, 1.165) is 25.4 Å². The maximum absolute atomic E-state index is 5.81. The van der Waals surface area contributed by atoms with Gasteiger partial charge in [-0.3, -0.25) is 0 Å². The van der Waals surface area contributed by atoms with Gasteiger partial charge in [0.05, 0.1) is 0 Å². The van der Waals surface area contributed by atoms with Crippen molar-refractivity contribution < 1.29 is 0 Å². The van der Waals surface area contributed by atoms with Crippen LogP contribution in [0.1, 0.15) is 18.4 Å². The van der Waals surface area contributed by atoms with E-state index in [-0.39, 0.29) is 12.4 Å². The molecule has 1 aliphatic rings. The van der Waals surface area contributed by atoms with Gasteiger partial charge < -0.3 is 11.1 Å². The molecule has 4 heteroatoms. The summed E-state index contributed by atoms with van der Waals surface area (Å²) >= 11 is 0. The zero-order chi connectivity index (χ0) is 9.80. The Kier molecular flexibility index (Phi) is 4.85. The molecular weight excluding hydrogens is 210 g/mol. The van der Waals surface area contributed by atoms with Crippen molar-refractivity contribution in [3.05, 3.63) is 23.9 Å². The number of nitrogens with zero attached hydrogens (tertiary/aromatic N) is 1. The van der Waals surface area contributed by atoms with Gasteiger partial charge in [-0.25, -0.2) is 4.98 Å².